The van der Waals surface area contributed by atoms with Gasteiger partial charge in [0.15, 0.2) is 0 Å². The third-order valence-electron chi connectivity index (χ3n) is 6.64. The van der Waals surface area contributed by atoms with Crippen molar-refractivity contribution in [2.45, 2.75) is 40.8 Å². The van der Waals surface area contributed by atoms with Gasteiger partial charge in [-0.15, -0.1) is 54.1 Å². The van der Waals surface area contributed by atoms with Gasteiger partial charge in [0.05, 0.1) is 5.58 Å². The molecule has 7 rings (SSSR count). The zero-order valence-electron chi connectivity index (χ0n) is 31.8. The first-order chi connectivity index (χ1) is 23.5. The number of aromatic nitrogens is 3. The van der Waals surface area contributed by atoms with Crippen LogP contribution < -0.4 is 0 Å². The van der Waals surface area contributed by atoms with Gasteiger partial charge in [-0.25, -0.2) is 0 Å². The number of hydrogen-bond acceptors (Lipinski definition) is 4. The molecule has 3 aromatic carbocycles. The van der Waals surface area contributed by atoms with Gasteiger partial charge >= 0.3 is 0 Å². The Labute approximate surface area is 277 Å². The first-order valence-corrected chi connectivity index (χ1v) is 13.5. The van der Waals surface area contributed by atoms with Crippen LogP contribution in [0.1, 0.15) is 48.4 Å². The number of rotatable bonds is 3. The van der Waals surface area contributed by atoms with E-state index >= 15 is 0 Å². The molecule has 0 amide bonds. The Hall–Kier alpha value is -4.18. The van der Waals surface area contributed by atoms with Crippen LogP contribution in [0.3, 0.4) is 0 Å². The number of hydrogen-bond donors (Lipinski definition) is 0. The molecule has 4 aromatic heterocycles. The van der Waals surface area contributed by atoms with Crippen LogP contribution in [-0.4, -0.2) is 15.0 Å². The third-order valence-corrected chi connectivity index (χ3v) is 6.64. The van der Waals surface area contributed by atoms with E-state index in [2.05, 4.69) is 27.1 Å². The maximum Gasteiger partial charge on any atom is 0.130 e. The first kappa shape index (κ1) is 21.5. The molecular weight excluding hydrogens is 707 g/mol. The van der Waals surface area contributed by atoms with Crippen LogP contribution in [-0.2, 0) is 26.5 Å². The molecule has 0 atom stereocenters. The SMILES string of the molecule is [2H]C([2H])([2H])c1ccc(-c2[c-]cccc2)nc1.[2H]C([2H])([2H])c1cnc(-c2[c-]ccc3c2oc2c4cnccc4ccc32)cc1C([2H])([2H])C(C)(C)C.[Ir]. The first-order valence-electron chi connectivity index (χ1n) is 17.5. The van der Waals surface area contributed by atoms with Gasteiger partial charge in [0, 0.05) is 66.6 Å². The van der Waals surface area contributed by atoms with Crippen molar-refractivity contribution < 1.29 is 35.5 Å². The fourth-order valence-electron chi connectivity index (χ4n) is 4.76. The van der Waals surface area contributed by atoms with E-state index in [1.807, 2.05) is 42.5 Å². The summed E-state index contributed by atoms with van der Waals surface area (Å²) in [4.78, 5) is 12.8. The molecule has 0 aliphatic rings. The Bertz CT molecular complexity index is 2310. The molecule has 4 heterocycles. The van der Waals surface area contributed by atoms with Gasteiger partial charge in [-0.2, -0.15) is 0 Å². The molecule has 4 nitrogen and oxygen atoms in total. The fraction of sp³-hybridized carbons (Fsp3) is 0.184. The normalized spacial score (nSPS) is 15.0. The largest absolute Gasteiger partial charge is 0.500 e. The van der Waals surface area contributed by atoms with E-state index in [1.165, 1.54) is 18.5 Å². The summed E-state index contributed by atoms with van der Waals surface area (Å²) in [5.74, 6) is 0. The van der Waals surface area contributed by atoms with Crippen molar-refractivity contribution >= 4 is 32.7 Å². The van der Waals surface area contributed by atoms with Gasteiger partial charge in [0.1, 0.15) is 5.58 Å². The summed E-state index contributed by atoms with van der Waals surface area (Å²) in [5.41, 5.74) is 3.23. The fourth-order valence-corrected chi connectivity index (χ4v) is 4.76. The molecule has 0 saturated carbocycles. The summed E-state index contributed by atoms with van der Waals surface area (Å²) in [6.07, 6.45) is 4.23. The molecule has 0 fully saturated rings. The number of pyridine rings is 3. The smallest absolute Gasteiger partial charge is 0.130 e. The summed E-state index contributed by atoms with van der Waals surface area (Å²) in [6.45, 7) is 0.664. The predicted molar refractivity (Wildman–Crippen MR) is 172 cm³/mol. The molecule has 217 valence electrons. The monoisotopic (exact) mass is 748 g/mol. The number of nitrogens with zero attached hydrogens (tertiary/aromatic N) is 3. The molecule has 43 heavy (non-hydrogen) atoms. The number of aryl methyl sites for hydroxylation is 2. The molecule has 0 aliphatic carbocycles. The second-order valence-electron chi connectivity index (χ2n) is 10.9. The minimum Gasteiger partial charge on any atom is -0.500 e. The summed E-state index contributed by atoms with van der Waals surface area (Å²) >= 11 is 0. The Balaban J connectivity index is 0.000000249. The molecule has 1 radical (unpaired) electrons. The van der Waals surface area contributed by atoms with Crippen LogP contribution in [0.25, 0.3) is 55.2 Å². The van der Waals surface area contributed by atoms with E-state index in [-0.39, 0.29) is 36.8 Å². The van der Waals surface area contributed by atoms with Crippen molar-refractivity contribution in [2.24, 2.45) is 5.41 Å². The second-order valence-corrected chi connectivity index (χ2v) is 10.9. The van der Waals surface area contributed by atoms with Crippen LogP contribution in [0.5, 0.6) is 0 Å². The predicted octanol–water partition coefficient (Wildman–Crippen LogP) is 9.75. The van der Waals surface area contributed by atoms with E-state index in [0.29, 0.717) is 22.4 Å². The average molecular weight is 748 g/mol. The van der Waals surface area contributed by atoms with Crippen molar-refractivity contribution in [3.05, 3.63) is 126 Å². The Morgan fingerprint density at radius 3 is 2.42 bits per heavy atom. The Kier molecular flexibility index (Phi) is 6.29. The van der Waals surface area contributed by atoms with E-state index in [4.69, 9.17) is 15.4 Å². The van der Waals surface area contributed by atoms with Crippen LogP contribution in [0.4, 0.5) is 0 Å². The molecule has 0 spiro atoms. The van der Waals surface area contributed by atoms with Gasteiger partial charge in [0.25, 0.3) is 0 Å². The van der Waals surface area contributed by atoms with Crippen molar-refractivity contribution in [3.63, 3.8) is 0 Å². The van der Waals surface area contributed by atoms with Crippen molar-refractivity contribution in [1.82, 2.24) is 15.0 Å². The van der Waals surface area contributed by atoms with Gasteiger partial charge in [0.2, 0.25) is 0 Å². The maximum atomic E-state index is 8.79. The average Bonchev–Trinajstić information content (AvgIpc) is 3.47. The quantitative estimate of drug-likeness (QED) is 0.169. The zero-order valence-corrected chi connectivity index (χ0v) is 26.2. The summed E-state index contributed by atoms with van der Waals surface area (Å²) in [7, 11) is 0. The van der Waals surface area contributed by atoms with Gasteiger partial charge in [-0.1, -0.05) is 67.6 Å². The molecule has 0 unspecified atom stereocenters. The molecular formula is C38H33IrN3O-2. The zero-order chi connectivity index (χ0) is 36.1. The van der Waals surface area contributed by atoms with Gasteiger partial charge in [-0.3, -0.25) is 4.98 Å². The number of fused-ring (bicyclic) bond motifs is 5. The molecule has 0 aliphatic heterocycles. The topological polar surface area (TPSA) is 51.8 Å². The maximum absolute atomic E-state index is 8.79. The summed E-state index contributed by atoms with van der Waals surface area (Å²) in [6, 6.07) is 28.1. The van der Waals surface area contributed by atoms with Crippen LogP contribution in [0, 0.1) is 31.3 Å². The van der Waals surface area contributed by atoms with E-state index in [9.17, 15) is 0 Å². The minimum atomic E-state index is -2.50. The Morgan fingerprint density at radius 2 is 1.67 bits per heavy atom. The minimum absolute atomic E-state index is 0. The molecule has 0 N–H and O–H groups in total. The molecule has 5 heteroatoms. The Morgan fingerprint density at radius 1 is 0.814 bits per heavy atom. The van der Waals surface area contributed by atoms with E-state index < -0.39 is 25.5 Å². The van der Waals surface area contributed by atoms with Crippen LogP contribution >= 0.6 is 0 Å². The summed E-state index contributed by atoms with van der Waals surface area (Å²) in [5, 5.41) is 3.69. The van der Waals surface area contributed by atoms with Crippen molar-refractivity contribution in [3.8, 4) is 22.5 Å². The standard InChI is InChI=1S/C26H23N2O.C12H10N.Ir/c1-16-14-28-23(12-18(16)13-26(2,3)4)21-7-5-6-19-20-9-8-17-10-11-27-15-22(17)25(20)29-24(19)21;1-10-7-8-12(13-9-10)11-5-3-2-4-6-11;/h5-6,8-12,14-15H,13H2,1-4H3;2-5,7-9H,1H3;/q2*-1;/i1D3,13D2;1D3;. The van der Waals surface area contributed by atoms with Crippen molar-refractivity contribution in [1.29, 1.82) is 0 Å². The van der Waals surface area contributed by atoms with Gasteiger partial charge in [-0.05, 0) is 59.5 Å². The number of furan rings is 1. The molecule has 0 bridgehead atoms. The van der Waals surface area contributed by atoms with Crippen LogP contribution in [0.2, 0.25) is 0 Å². The molecule has 0 saturated heterocycles. The van der Waals surface area contributed by atoms with Crippen LogP contribution in [0.15, 0.2) is 102 Å². The van der Waals surface area contributed by atoms with Crippen molar-refractivity contribution in [2.75, 3.05) is 0 Å². The molecule has 7 aromatic rings. The summed E-state index contributed by atoms with van der Waals surface area (Å²) < 4.78 is 69.4. The third kappa shape index (κ3) is 6.59. The van der Waals surface area contributed by atoms with Gasteiger partial charge < -0.3 is 14.4 Å². The second kappa shape index (κ2) is 12.6. The van der Waals surface area contributed by atoms with E-state index in [0.717, 1.165) is 32.8 Å². The number of benzene rings is 3. The van der Waals surface area contributed by atoms with E-state index in [1.54, 1.807) is 57.4 Å².